The highest BCUT2D eigenvalue weighted by Gasteiger charge is 2.26. The van der Waals surface area contributed by atoms with Crippen LogP contribution in [0.15, 0.2) is 0 Å². The summed E-state index contributed by atoms with van der Waals surface area (Å²) in [5, 5.41) is 8.98. The maximum absolute atomic E-state index is 12.3. The highest BCUT2D eigenvalue weighted by Crippen LogP contribution is 2.10. The summed E-state index contributed by atoms with van der Waals surface area (Å²) in [6.07, 6.45) is -1.80. The molecule has 0 aliphatic heterocycles. The van der Waals surface area contributed by atoms with E-state index in [9.17, 15) is 14.4 Å². The minimum Gasteiger partial charge on any atom is -0.463 e. The van der Waals surface area contributed by atoms with Gasteiger partial charge >= 0.3 is 18.2 Å². The number of rotatable bonds is 10. The lowest BCUT2D eigenvalue weighted by Crippen LogP contribution is -2.41. The summed E-state index contributed by atoms with van der Waals surface area (Å²) >= 11 is 0. The fraction of sp³-hybridized carbons (Fsp3) is 0.842. The van der Waals surface area contributed by atoms with Crippen LogP contribution < -0.4 is 0 Å². The van der Waals surface area contributed by atoms with E-state index in [1.807, 2.05) is 13.8 Å². The average molecular weight is 405 g/mol. The zero-order valence-corrected chi connectivity index (χ0v) is 18.2. The molecular weight excluding hydrogens is 368 g/mol. The van der Waals surface area contributed by atoms with Gasteiger partial charge in [-0.05, 0) is 39.5 Å². The van der Waals surface area contributed by atoms with Gasteiger partial charge in [0.1, 0.15) is 5.60 Å². The first-order valence-corrected chi connectivity index (χ1v) is 9.50. The van der Waals surface area contributed by atoms with Crippen molar-refractivity contribution in [2.24, 2.45) is 5.92 Å². The van der Waals surface area contributed by atoms with Crippen LogP contribution in [-0.4, -0.2) is 85.2 Å². The molecule has 0 rings (SSSR count). The second kappa shape index (κ2) is 12.4. The van der Waals surface area contributed by atoms with E-state index in [0.29, 0.717) is 6.42 Å². The number of aliphatic hydroxyl groups is 1. The van der Waals surface area contributed by atoms with Gasteiger partial charge in [0.05, 0.1) is 6.61 Å². The van der Waals surface area contributed by atoms with Crippen molar-refractivity contribution in [1.29, 1.82) is 0 Å². The van der Waals surface area contributed by atoms with Gasteiger partial charge in [0.2, 0.25) is 6.10 Å². The molecule has 0 aromatic heterocycles. The van der Waals surface area contributed by atoms with Crippen molar-refractivity contribution in [2.75, 3.05) is 40.4 Å². The molecule has 164 valence electrons. The van der Waals surface area contributed by atoms with E-state index >= 15 is 0 Å². The summed E-state index contributed by atoms with van der Waals surface area (Å²) in [4.78, 5) is 39.0. The third-order valence-electron chi connectivity index (χ3n) is 3.48. The molecule has 0 saturated carbocycles. The van der Waals surface area contributed by atoms with E-state index in [0.717, 1.165) is 0 Å². The van der Waals surface area contributed by atoms with Crippen LogP contribution in [0.2, 0.25) is 0 Å². The van der Waals surface area contributed by atoms with Crippen LogP contribution >= 0.6 is 0 Å². The first-order chi connectivity index (χ1) is 12.9. The van der Waals surface area contributed by atoms with Crippen LogP contribution in [0.3, 0.4) is 0 Å². The van der Waals surface area contributed by atoms with Crippen LogP contribution in [0.5, 0.6) is 0 Å². The molecule has 9 heteroatoms. The van der Waals surface area contributed by atoms with Crippen LogP contribution in [0.1, 0.15) is 47.5 Å². The minimum atomic E-state index is -1.08. The van der Waals surface area contributed by atoms with E-state index < -0.39 is 29.9 Å². The maximum Gasteiger partial charge on any atom is 0.410 e. The predicted octanol–water partition coefficient (Wildman–Crippen LogP) is 2.26. The van der Waals surface area contributed by atoms with Crippen LogP contribution in [0, 0.1) is 5.92 Å². The molecule has 9 nitrogen and oxygen atoms in total. The minimum absolute atomic E-state index is 0.123. The van der Waals surface area contributed by atoms with E-state index in [1.54, 1.807) is 27.8 Å². The van der Waals surface area contributed by atoms with E-state index in [1.165, 1.54) is 16.8 Å². The molecule has 0 saturated heterocycles. The molecule has 2 amide bonds. The number of esters is 1. The first kappa shape index (κ1) is 26.0. The Morgan fingerprint density at radius 3 is 2.00 bits per heavy atom. The van der Waals surface area contributed by atoms with E-state index in [-0.39, 0.29) is 38.6 Å². The Bertz CT molecular complexity index is 503. The molecular formula is C19H36N2O7. The van der Waals surface area contributed by atoms with Crippen molar-refractivity contribution in [3.63, 3.8) is 0 Å². The number of hydrogen-bond acceptors (Lipinski definition) is 7. The van der Waals surface area contributed by atoms with E-state index in [2.05, 4.69) is 0 Å². The largest absolute Gasteiger partial charge is 0.463 e. The number of nitrogens with zero attached hydrogens (tertiary/aromatic N) is 2. The predicted molar refractivity (Wildman–Crippen MR) is 104 cm³/mol. The molecule has 0 fully saturated rings. The van der Waals surface area contributed by atoms with Crippen molar-refractivity contribution in [2.45, 2.75) is 59.2 Å². The molecule has 0 radical (unpaired) electrons. The molecule has 0 aromatic rings. The summed E-state index contributed by atoms with van der Waals surface area (Å²) < 4.78 is 15.6. The van der Waals surface area contributed by atoms with Crippen LogP contribution in [0.25, 0.3) is 0 Å². The number of aliphatic hydroxyl groups excluding tert-OH is 1. The molecule has 0 aliphatic rings. The summed E-state index contributed by atoms with van der Waals surface area (Å²) in [6.45, 7) is 9.65. The third-order valence-corrected chi connectivity index (χ3v) is 3.48. The topological polar surface area (TPSA) is 106 Å². The highest BCUT2D eigenvalue weighted by atomic mass is 16.6. The Kier molecular flexibility index (Phi) is 11.5. The van der Waals surface area contributed by atoms with Gasteiger partial charge in [-0.25, -0.2) is 14.4 Å². The molecule has 0 unspecified atom stereocenters. The van der Waals surface area contributed by atoms with Crippen molar-refractivity contribution in [3.05, 3.63) is 0 Å². The van der Waals surface area contributed by atoms with Gasteiger partial charge in [0.25, 0.3) is 0 Å². The molecule has 0 bridgehead atoms. The van der Waals surface area contributed by atoms with Gasteiger partial charge in [-0.15, -0.1) is 0 Å². The van der Waals surface area contributed by atoms with Crippen molar-refractivity contribution >= 4 is 18.2 Å². The number of hydrogen-bond donors (Lipinski definition) is 1. The van der Waals surface area contributed by atoms with Gasteiger partial charge < -0.3 is 29.1 Å². The van der Waals surface area contributed by atoms with Gasteiger partial charge in [-0.2, -0.15) is 0 Å². The molecule has 0 heterocycles. The number of amides is 2. The number of likely N-dealkylation sites (N-methyl/N-ethyl adjacent to an activating group) is 2. The SMILES string of the molecule is CC(C)COC(=O)[C@H](CCCO)OC(=O)N(C)CCN(C)C(=O)OC(C)(C)C. The first-order valence-electron chi connectivity index (χ1n) is 9.50. The summed E-state index contributed by atoms with van der Waals surface area (Å²) in [6, 6.07) is 0. The zero-order valence-electron chi connectivity index (χ0n) is 18.2. The fourth-order valence-corrected chi connectivity index (χ4v) is 1.88. The van der Waals surface area contributed by atoms with Gasteiger partial charge in [0.15, 0.2) is 0 Å². The average Bonchev–Trinajstić information content (AvgIpc) is 2.58. The fourth-order valence-electron chi connectivity index (χ4n) is 1.88. The second-order valence-corrected chi connectivity index (χ2v) is 8.09. The lowest BCUT2D eigenvalue weighted by Gasteiger charge is -2.26. The zero-order chi connectivity index (χ0) is 21.9. The Balaban J connectivity index is 4.62. The second-order valence-electron chi connectivity index (χ2n) is 8.09. The highest BCUT2D eigenvalue weighted by molar-refractivity contribution is 5.78. The van der Waals surface area contributed by atoms with Gasteiger partial charge in [-0.1, -0.05) is 13.8 Å². The van der Waals surface area contributed by atoms with E-state index in [4.69, 9.17) is 19.3 Å². The van der Waals surface area contributed by atoms with Crippen LogP contribution in [0.4, 0.5) is 9.59 Å². The third kappa shape index (κ3) is 11.6. The van der Waals surface area contributed by atoms with Crippen molar-refractivity contribution in [1.82, 2.24) is 9.80 Å². The Morgan fingerprint density at radius 1 is 1.00 bits per heavy atom. The summed E-state index contributed by atoms with van der Waals surface area (Å²) in [7, 11) is 3.08. The Morgan fingerprint density at radius 2 is 1.54 bits per heavy atom. The summed E-state index contributed by atoms with van der Waals surface area (Å²) in [5.41, 5.74) is -0.605. The standard InChI is InChI=1S/C19H36N2O7/c1-14(2)13-26-16(23)15(9-8-12-22)27-17(24)20(6)10-11-21(7)18(25)28-19(3,4)5/h14-15,22H,8-13H2,1-7H3/t15-/m0/s1. The smallest absolute Gasteiger partial charge is 0.410 e. The molecule has 0 aromatic carbocycles. The van der Waals surface area contributed by atoms with Gasteiger partial charge in [0, 0.05) is 33.8 Å². The lowest BCUT2D eigenvalue weighted by molar-refractivity contribution is -0.155. The molecule has 28 heavy (non-hydrogen) atoms. The molecule has 1 N–H and O–H groups in total. The van der Waals surface area contributed by atoms with Gasteiger partial charge in [-0.3, -0.25) is 0 Å². The quantitative estimate of drug-likeness (QED) is 0.440. The summed E-state index contributed by atoms with van der Waals surface area (Å²) in [5.74, 6) is -0.473. The molecule has 1 atom stereocenters. The number of ether oxygens (including phenoxy) is 3. The van der Waals surface area contributed by atoms with Crippen LogP contribution in [-0.2, 0) is 19.0 Å². The Labute approximate surface area is 167 Å². The van der Waals surface area contributed by atoms with Crippen molar-refractivity contribution in [3.8, 4) is 0 Å². The monoisotopic (exact) mass is 404 g/mol. The van der Waals surface area contributed by atoms with Crippen molar-refractivity contribution < 1.29 is 33.7 Å². The lowest BCUT2D eigenvalue weighted by atomic mass is 10.2. The normalized spacial score (nSPS) is 12.3. The Hall–Kier alpha value is -2.03. The maximum atomic E-state index is 12.3. The molecule has 0 aliphatic carbocycles. The number of carbonyl (C=O) groups excluding carboxylic acids is 3. The number of carbonyl (C=O) groups is 3. The molecule has 0 spiro atoms.